The summed E-state index contributed by atoms with van der Waals surface area (Å²) in [6, 6.07) is 13.5. The van der Waals surface area contributed by atoms with Gasteiger partial charge in [0.05, 0.1) is 5.69 Å². The third-order valence-corrected chi connectivity index (χ3v) is 5.32. The second-order valence-corrected chi connectivity index (χ2v) is 7.59. The third-order valence-electron chi connectivity index (χ3n) is 4.08. The molecule has 0 fully saturated rings. The summed E-state index contributed by atoms with van der Waals surface area (Å²) in [6.45, 7) is 1.84. The molecule has 0 aromatic heterocycles. The molecule has 0 unspecified atom stereocenters. The van der Waals surface area contributed by atoms with E-state index >= 15 is 0 Å². The van der Waals surface area contributed by atoms with Gasteiger partial charge in [-0.3, -0.25) is 4.79 Å². The molecule has 1 amide bonds. The Hall–Kier alpha value is -2.54. The lowest BCUT2D eigenvalue weighted by Crippen LogP contribution is -2.36. The molecule has 7 heteroatoms. The van der Waals surface area contributed by atoms with Crippen molar-refractivity contribution in [3.8, 4) is 5.75 Å². The fourth-order valence-corrected chi connectivity index (χ4v) is 3.82. The highest BCUT2D eigenvalue weighted by Crippen LogP contribution is 2.37. The van der Waals surface area contributed by atoms with E-state index in [0.717, 1.165) is 17.0 Å². The molecule has 3 rings (SSSR count). The summed E-state index contributed by atoms with van der Waals surface area (Å²) in [7, 11) is 0. The van der Waals surface area contributed by atoms with E-state index in [1.165, 1.54) is 18.2 Å². The van der Waals surface area contributed by atoms with Crippen LogP contribution in [-0.4, -0.2) is 36.9 Å². The summed E-state index contributed by atoms with van der Waals surface area (Å²) in [5.41, 5.74) is 0.829. The molecule has 1 atom stereocenters. The number of anilines is 1. The Balaban J connectivity index is 1.56. The van der Waals surface area contributed by atoms with Crippen LogP contribution in [0.2, 0.25) is 0 Å². The maximum absolute atomic E-state index is 13.5. The van der Waals surface area contributed by atoms with E-state index in [1.54, 1.807) is 22.7 Å². The van der Waals surface area contributed by atoms with Crippen LogP contribution >= 0.6 is 11.8 Å². The molecule has 0 spiro atoms. The summed E-state index contributed by atoms with van der Waals surface area (Å²) in [4.78, 5) is 27.1. The smallest absolute Gasteiger partial charge is 0.344 e. The van der Waals surface area contributed by atoms with E-state index in [1.807, 2.05) is 24.3 Å². The Morgan fingerprint density at radius 3 is 2.70 bits per heavy atom. The van der Waals surface area contributed by atoms with Crippen molar-refractivity contribution in [1.82, 2.24) is 0 Å². The number of hydrogen-bond donors (Lipinski definition) is 0. The largest absolute Gasteiger partial charge is 0.479 e. The van der Waals surface area contributed by atoms with Gasteiger partial charge in [0.25, 0.3) is 5.91 Å². The van der Waals surface area contributed by atoms with Crippen molar-refractivity contribution in [2.45, 2.75) is 23.5 Å². The van der Waals surface area contributed by atoms with Crippen molar-refractivity contribution in [1.29, 1.82) is 0 Å². The number of rotatable bonds is 5. The molecule has 0 aliphatic carbocycles. The highest BCUT2D eigenvalue weighted by atomic mass is 32.2. The predicted octanol–water partition coefficient (Wildman–Crippen LogP) is 3.67. The van der Waals surface area contributed by atoms with E-state index in [4.69, 9.17) is 9.47 Å². The molecule has 2 aromatic carbocycles. The number of carbonyl (C=O) groups is 2. The Morgan fingerprint density at radius 1 is 1.15 bits per heavy atom. The van der Waals surface area contributed by atoms with Gasteiger partial charge in [0.2, 0.25) is 0 Å². The molecule has 27 heavy (non-hydrogen) atoms. The summed E-state index contributed by atoms with van der Waals surface area (Å²) < 4.78 is 23.6. The Morgan fingerprint density at radius 2 is 1.89 bits per heavy atom. The summed E-state index contributed by atoms with van der Waals surface area (Å²) in [6.07, 6.45) is 0.843. The van der Waals surface area contributed by atoms with Gasteiger partial charge in [0.15, 0.2) is 24.8 Å². The maximum Gasteiger partial charge on any atom is 0.344 e. The van der Waals surface area contributed by atoms with Crippen LogP contribution < -0.4 is 9.64 Å². The molecule has 1 aliphatic heterocycles. The van der Waals surface area contributed by atoms with E-state index in [9.17, 15) is 14.0 Å². The average Bonchev–Trinajstić information content (AvgIpc) is 2.83. The first-order valence-corrected chi connectivity index (χ1v) is 9.51. The topological polar surface area (TPSA) is 55.8 Å². The zero-order valence-corrected chi connectivity index (χ0v) is 15.7. The minimum Gasteiger partial charge on any atom is -0.479 e. The second kappa shape index (κ2) is 8.90. The number of esters is 1. The lowest BCUT2D eigenvalue weighted by atomic mass is 10.2. The molecular formula is C20H20FNO4S. The zero-order chi connectivity index (χ0) is 19.2. The number of ether oxygens (including phenoxy) is 2. The highest BCUT2D eigenvalue weighted by Gasteiger charge is 2.24. The number of halogens is 1. The highest BCUT2D eigenvalue weighted by molar-refractivity contribution is 8.00. The van der Waals surface area contributed by atoms with Crippen LogP contribution in [0.5, 0.6) is 5.75 Å². The monoisotopic (exact) mass is 389 g/mol. The van der Waals surface area contributed by atoms with Gasteiger partial charge in [0.1, 0.15) is 0 Å². The van der Waals surface area contributed by atoms with Crippen LogP contribution in [0.25, 0.3) is 0 Å². The number of fused-ring (bicyclic) bond motifs is 1. The van der Waals surface area contributed by atoms with Gasteiger partial charge in [-0.15, -0.1) is 11.8 Å². The molecule has 142 valence electrons. The minimum atomic E-state index is -0.725. The Kier molecular flexibility index (Phi) is 6.34. The van der Waals surface area contributed by atoms with Gasteiger partial charge in [-0.25, -0.2) is 9.18 Å². The first-order chi connectivity index (χ1) is 13.0. The summed E-state index contributed by atoms with van der Waals surface area (Å²) in [5, 5.41) is 0.390. The number of benzene rings is 2. The van der Waals surface area contributed by atoms with Gasteiger partial charge < -0.3 is 14.4 Å². The lowest BCUT2D eigenvalue weighted by Gasteiger charge is -2.22. The van der Waals surface area contributed by atoms with Crippen LogP contribution in [0.1, 0.15) is 13.3 Å². The SMILES string of the molecule is C[C@H]1CCN(C(=O)COC(=O)COc2ccccc2F)c2ccccc2S1. The number of amides is 1. The Bertz CT molecular complexity index is 829. The van der Waals surface area contributed by atoms with Crippen molar-refractivity contribution in [2.75, 3.05) is 24.7 Å². The number of carbonyl (C=O) groups excluding carboxylic acids is 2. The molecule has 0 bridgehead atoms. The van der Waals surface area contributed by atoms with Crippen LogP contribution in [0.3, 0.4) is 0 Å². The van der Waals surface area contributed by atoms with E-state index in [0.29, 0.717) is 11.8 Å². The number of nitrogens with zero attached hydrogens (tertiary/aromatic N) is 1. The molecule has 1 aliphatic rings. The van der Waals surface area contributed by atoms with E-state index < -0.39 is 18.4 Å². The van der Waals surface area contributed by atoms with Crippen molar-refractivity contribution in [3.63, 3.8) is 0 Å². The van der Waals surface area contributed by atoms with E-state index in [2.05, 4.69) is 6.92 Å². The molecule has 0 saturated heterocycles. The van der Waals surface area contributed by atoms with Gasteiger partial charge in [-0.2, -0.15) is 0 Å². The minimum absolute atomic E-state index is 0.0340. The molecule has 1 heterocycles. The standard InChI is InChI=1S/C20H20FNO4S/c1-14-10-11-22(16-7-3-5-9-18(16)27-14)19(23)12-26-20(24)13-25-17-8-4-2-6-15(17)21/h2-9,14H,10-13H2,1H3/t14-/m0/s1. The van der Waals surface area contributed by atoms with Crippen molar-refractivity contribution in [2.24, 2.45) is 0 Å². The first-order valence-electron chi connectivity index (χ1n) is 8.63. The van der Waals surface area contributed by atoms with Gasteiger partial charge >= 0.3 is 5.97 Å². The molecule has 0 radical (unpaired) electrons. The quantitative estimate of drug-likeness (QED) is 0.731. The maximum atomic E-state index is 13.5. The van der Waals surface area contributed by atoms with Crippen LogP contribution in [-0.2, 0) is 14.3 Å². The molecular weight excluding hydrogens is 369 g/mol. The lowest BCUT2D eigenvalue weighted by molar-refractivity contribution is -0.149. The predicted molar refractivity (Wildman–Crippen MR) is 102 cm³/mol. The van der Waals surface area contributed by atoms with Crippen LogP contribution in [0, 0.1) is 5.82 Å². The van der Waals surface area contributed by atoms with Crippen LogP contribution in [0.15, 0.2) is 53.4 Å². The fraction of sp³-hybridized carbons (Fsp3) is 0.300. The molecule has 0 N–H and O–H groups in total. The van der Waals surface area contributed by atoms with Crippen molar-refractivity contribution < 1.29 is 23.5 Å². The zero-order valence-electron chi connectivity index (χ0n) is 14.9. The third kappa shape index (κ3) is 5.01. The molecule has 0 saturated carbocycles. The number of para-hydroxylation sites is 2. The van der Waals surface area contributed by atoms with Gasteiger partial charge in [-0.1, -0.05) is 31.2 Å². The van der Waals surface area contributed by atoms with Gasteiger partial charge in [0, 0.05) is 16.7 Å². The second-order valence-electron chi connectivity index (χ2n) is 6.11. The molecule has 2 aromatic rings. The number of thioether (sulfide) groups is 1. The van der Waals surface area contributed by atoms with Crippen molar-refractivity contribution >= 4 is 29.3 Å². The average molecular weight is 389 g/mol. The molecule has 5 nitrogen and oxygen atoms in total. The first kappa shape index (κ1) is 19.2. The van der Waals surface area contributed by atoms with Crippen LogP contribution in [0.4, 0.5) is 10.1 Å². The normalized spacial score (nSPS) is 16.2. The number of hydrogen-bond acceptors (Lipinski definition) is 5. The van der Waals surface area contributed by atoms with Crippen molar-refractivity contribution in [3.05, 3.63) is 54.3 Å². The summed E-state index contributed by atoms with van der Waals surface area (Å²) in [5.74, 6) is -1.61. The summed E-state index contributed by atoms with van der Waals surface area (Å²) >= 11 is 1.73. The Labute approximate surface area is 161 Å². The van der Waals surface area contributed by atoms with Gasteiger partial charge in [-0.05, 0) is 30.7 Å². The fourth-order valence-electron chi connectivity index (χ4n) is 2.71. The van der Waals surface area contributed by atoms with E-state index in [-0.39, 0.29) is 18.3 Å².